The van der Waals surface area contributed by atoms with Gasteiger partial charge in [0.15, 0.2) is 0 Å². The summed E-state index contributed by atoms with van der Waals surface area (Å²) >= 11 is 0. The van der Waals surface area contributed by atoms with Crippen molar-refractivity contribution in [2.24, 2.45) is 4.99 Å². The van der Waals surface area contributed by atoms with Crippen LogP contribution in [0.25, 0.3) is 0 Å². The van der Waals surface area contributed by atoms with Crippen molar-refractivity contribution >= 4 is 34.1 Å². The number of hydrogen-bond donors (Lipinski definition) is 3. The topological polar surface area (TPSA) is 82.6 Å². The quantitative estimate of drug-likeness (QED) is 0.736. The van der Waals surface area contributed by atoms with Crippen molar-refractivity contribution in [2.75, 3.05) is 25.0 Å². The molecule has 3 rings (SSSR count). The highest BCUT2D eigenvalue weighted by molar-refractivity contribution is 7.90. The Hall–Kier alpha value is -1.38. The molecule has 1 saturated heterocycles. The number of benzene rings is 1. The van der Waals surface area contributed by atoms with Gasteiger partial charge in [-0.05, 0) is 57.0 Å². The summed E-state index contributed by atoms with van der Waals surface area (Å²) in [6.45, 7) is 4.80. The summed E-state index contributed by atoms with van der Waals surface area (Å²) in [7, 11) is -3.70. The van der Waals surface area contributed by atoms with Crippen LogP contribution in [-0.2, 0) is 10.0 Å². The van der Waals surface area contributed by atoms with E-state index in [1.54, 1.807) is 13.0 Å². The Morgan fingerprint density at radius 2 is 1.92 bits per heavy atom. The minimum Gasteiger partial charge on any atom is -0.324 e. The zero-order valence-electron chi connectivity index (χ0n) is 13.6. The van der Waals surface area contributed by atoms with Gasteiger partial charge >= 0.3 is 0 Å². The van der Waals surface area contributed by atoms with E-state index in [0.29, 0.717) is 37.2 Å². The van der Waals surface area contributed by atoms with Crippen LogP contribution in [0.4, 0.5) is 10.1 Å². The first kappa shape index (κ1) is 19.0. The van der Waals surface area contributed by atoms with Crippen LogP contribution >= 0.6 is 12.4 Å². The minimum atomic E-state index is -3.70. The molecule has 0 amide bonds. The van der Waals surface area contributed by atoms with Crippen LogP contribution in [0, 0.1) is 13.8 Å². The van der Waals surface area contributed by atoms with Gasteiger partial charge in [0, 0.05) is 0 Å². The van der Waals surface area contributed by atoms with Crippen LogP contribution < -0.4 is 15.4 Å². The Kier molecular flexibility index (Phi) is 5.41. The number of aryl methyl sites for hydroxylation is 1. The Balaban J connectivity index is 0.00000208. The molecule has 0 aliphatic carbocycles. The van der Waals surface area contributed by atoms with Gasteiger partial charge in [0.1, 0.15) is 10.6 Å². The lowest BCUT2D eigenvalue weighted by molar-refractivity contribution is 0.126. The number of aliphatic imine (C=N–C) groups is 1. The molecule has 0 bridgehead atoms. The van der Waals surface area contributed by atoms with E-state index in [1.165, 1.54) is 0 Å². The normalized spacial score (nSPS) is 22.7. The molecule has 0 radical (unpaired) electrons. The van der Waals surface area contributed by atoms with Gasteiger partial charge in [-0.1, -0.05) is 6.07 Å². The second kappa shape index (κ2) is 6.85. The molecule has 134 valence electrons. The van der Waals surface area contributed by atoms with Crippen molar-refractivity contribution in [3.63, 3.8) is 0 Å². The molecule has 1 fully saturated rings. The first-order valence-corrected chi connectivity index (χ1v) is 9.13. The first-order chi connectivity index (χ1) is 10.8. The van der Waals surface area contributed by atoms with Gasteiger partial charge < -0.3 is 10.6 Å². The molecule has 1 aromatic carbocycles. The maximum atomic E-state index is 14.6. The molecule has 9 heteroatoms. The van der Waals surface area contributed by atoms with Crippen LogP contribution in [0.15, 0.2) is 22.0 Å². The Morgan fingerprint density at radius 3 is 2.58 bits per heavy atom. The lowest BCUT2D eigenvalue weighted by Gasteiger charge is -2.29. The number of nitrogens with one attached hydrogen (secondary N) is 3. The maximum absolute atomic E-state index is 14.6. The van der Waals surface area contributed by atoms with E-state index in [-0.39, 0.29) is 29.8 Å². The molecule has 2 heterocycles. The standard InChI is InChI=1S/C15H21FN4O2S.ClH/c1-10-3-4-12-13(11(10)2)23(21,22)20-14(19-12)18-9-15(16)5-7-17-8-6-15;/h3-4,17H,5-9H2,1-2H3,(H2,18,19,20);1H. The number of hydrogen-bond acceptors (Lipinski definition) is 4. The van der Waals surface area contributed by atoms with E-state index in [9.17, 15) is 12.8 Å². The Morgan fingerprint density at radius 1 is 1.25 bits per heavy atom. The van der Waals surface area contributed by atoms with Gasteiger partial charge in [-0.2, -0.15) is 0 Å². The molecule has 1 aromatic rings. The number of piperidine rings is 1. The molecule has 3 N–H and O–H groups in total. The first-order valence-electron chi connectivity index (χ1n) is 7.65. The molecule has 0 saturated carbocycles. The van der Waals surface area contributed by atoms with Gasteiger partial charge in [0.05, 0.1) is 12.2 Å². The fourth-order valence-corrected chi connectivity index (χ4v) is 4.34. The van der Waals surface area contributed by atoms with Crippen molar-refractivity contribution in [3.8, 4) is 0 Å². The van der Waals surface area contributed by atoms with E-state index in [0.717, 1.165) is 5.56 Å². The average molecular weight is 377 g/mol. The van der Waals surface area contributed by atoms with Crippen LogP contribution in [0.1, 0.15) is 24.0 Å². The predicted molar refractivity (Wildman–Crippen MR) is 95.4 cm³/mol. The Bertz CT molecular complexity index is 761. The fraction of sp³-hybridized carbons (Fsp3) is 0.533. The van der Waals surface area contributed by atoms with E-state index >= 15 is 0 Å². The monoisotopic (exact) mass is 376 g/mol. The molecule has 6 nitrogen and oxygen atoms in total. The number of guanidine groups is 1. The fourth-order valence-electron chi connectivity index (χ4n) is 2.89. The molecular weight excluding hydrogens is 355 g/mol. The third kappa shape index (κ3) is 3.65. The van der Waals surface area contributed by atoms with Crippen molar-refractivity contribution < 1.29 is 12.8 Å². The second-order valence-corrected chi connectivity index (χ2v) is 7.80. The number of nitrogens with zero attached hydrogens (tertiary/aromatic N) is 1. The number of rotatable bonds is 2. The van der Waals surface area contributed by atoms with Crippen LogP contribution in [0.5, 0.6) is 0 Å². The van der Waals surface area contributed by atoms with Crippen molar-refractivity contribution in [3.05, 3.63) is 23.3 Å². The van der Waals surface area contributed by atoms with E-state index < -0.39 is 15.7 Å². The van der Waals surface area contributed by atoms with Gasteiger partial charge in [-0.15, -0.1) is 12.4 Å². The maximum Gasteiger partial charge on any atom is 0.266 e. The van der Waals surface area contributed by atoms with Crippen molar-refractivity contribution in [1.29, 1.82) is 0 Å². The molecule has 24 heavy (non-hydrogen) atoms. The van der Waals surface area contributed by atoms with Gasteiger partial charge in [0.2, 0.25) is 5.96 Å². The second-order valence-electron chi connectivity index (χ2n) is 6.18. The average Bonchev–Trinajstić information content (AvgIpc) is 2.49. The van der Waals surface area contributed by atoms with Gasteiger partial charge in [-0.25, -0.2) is 22.5 Å². The number of fused-ring (bicyclic) bond motifs is 1. The lowest BCUT2D eigenvalue weighted by Crippen LogP contribution is -2.44. The summed E-state index contributed by atoms with van der Waals surface area (Å²) < 4.78 is 41.9. The summed E-state index contributed by atoms with van der Waals surface area (Å²) in [6.07, 6.45) is 0.761. The van der Waals surface area contributed by atoms with Crippen LogP contribution in [-0.4, -0.2) is 39.7 Å². The van der Waals surface area contributed by atoms with E-state index in [4.69, 9.17) is 0 Å². The largest absolute Gasteiger partial charge is 0.324 e. The van der Waals surface area contributed by atoms with Crippen LogP contribution in [0.2, 0.25) is 0 Å². The zero-order valence-corrected chi connectivity index (χ0v) is 15.3. The summed E-state index contributed by atoms with van der Waals surface area (Å²) in [5, 5.41) is 6.05. The molecule has 0 spiro atoms. The van der Waals surface area contributed by atoms with Crippen LogP contribution in [0.3, 0.4) is 0 Å². The number of alkyl halides is 1. The summed E-state index contributed by atoms with van der Waals surface area (Å²) in [6, 6.07) is 3.56. The molecule has 0 aromatic heterocycles. The van der Waals surface area contributed by atoms with Crippen molar-refractivity contribution in [2.45, 2.75) is 37.3 Å². The highest BCUT2D eigenvalue weighted by Crippen LogP contribution is 2.30. The number of halogens is 2. The smallest absolute Gasteiger partial charge is 0.266 e. The third-order valence-electron chi connectivity index (χ3n) is 4.45. The predicted octanol–water partition coefficient (Wildman–Crippen LogP) is 1.88. The number of sulfonamides is 1. The van der Waals surface area contributed by atoms with E-state index in [1.807, 2.05) is 13.0 Å². The summed E-state index contributed by atoms with van der Waals surface area (Å²) in [4.78, 5) is 4.37. The van der Waals surface area contributed by atoms with Gasteiger partial charge in [0.25, 0.3) is 10.0 Å². The molecule has 0 atom stereocenters. The zero-order chi connectivity index (χ0) is 16.7. The summed E-state index contributed by atoms with van der Waals surface area (Å²) in [5.74, 6) is 0.0799. The number of anilines is 1. The Labute approximate surface area is 147 Å². The molecule has 0 unspecified atom stereocenters. The van der Waals surface area contributed by atoms with Crippen molar-refractivity contribution in [1.82, 2.24) is 10.0 Å². The highest BCUT2D eigenvalue weighted by atomic mass is 35.5. The minimum absolute atomic E-state index is 0. The summed E-state index contributed by atoms with van der Waals surface area (Å²) in [5.41, 5.74) is 0.689. The third-order valence-corrected chi connectivity index (χ3v) is 5.98. The highest BCUT2D eigenvalue weighted by Gasteiger charge is 2.33. The molecule has 2 aliphatic heterocycles. The SMILES string of the molecule is Cc1ccc2c(c1C)S(=O)(=O)NC(=NCC1(F)CCNCC1)N2.Cl. The molecular formula is C15H22ClFN4O2S. The van der Waals surface area contributed by atoms with Gasteiger partial charge in [-0.3, -0.25) is 0 Å². The molecule has 2 aliphatic rings. The van der Waals surface area contributed by atoms with E-state index in [2.05, 4.69) is 20.3 Å². The lowest BCUT2D eigenvalue weighted by atomic mass is 9.95.